The van der Waals surface area contributed by atoms with Gasteiger partial charge < -0.3 is 24.8 Å². The number of ketones is 1. The van der Waals surface area contributed by atoms with Gasteiger partial charge in [0.25, 0.3) is 11.8 Å². The third kappa shape index (κ3) is 5.47. The summed E-state index contributed by atoms with van der Waals surface area (Å²) in [5, 5.41) is 5.07. The SMILES string of the molecule is CNC(=O)c1cccc(NC(=O)COC(=O)c2ccccc2C(=O)c2ccc3c(c2)OCCO3)c1. The molecule has 1 aliphatic rings. The fourth-order valence-corrected chi connectivity index (χ4v) is 3.49. The molecule has 3 aromatic rings. The zero-order valence-corrected chi connectivity index (χ0v) is 18.8. The Morgan fingerprint density at radius 2 is 1.57 bits per heavy atom. The van der Waals surface area contributed by atoms with Crippen LogP contribution in [0.3, 0.4) is 0 Å². The molecule has 0 bridgehead atoms. The summed E-state index contributed by atoms with van der Waals surface area (Å²) in [6, 6.07) is 17.3. The molecule has 2 amide bonds. The average Bonchev–Trinajstić information content (AvgIpc) is 2.90. The molecule has 4 rings (SSSR count). The van der Waals surface area contributed by atoms with Gasteiger partial charge in [0.1, 0.15) is 13.2 Å². The number of carbonyl (C=O) groups is 4. The maximum absolute atomic E-state index is 13.1. The van der Waals surface area contributed by atoms with E-state index in [1.807, 2.05) is 0 Å². The topological polar surface area (TPSA) is 120 Å². The molecule has 3 aromatic carbocycles. The van der Waals surface area contributed by atoms with Crippen molar-refractivity contribution in [2.24, 2.45) is 0 Å². The molecule has 35 heavy (non-hydrogen) atoms. The number of esters is 1. The van der Waals surface area contributed by atoms with Gasteiger partial charge in [0, 0.05) is 29.4 Å². The standard InChI is InChI=1S/C26H22N2O7/c1-27-25(31)17-5-4-6-18(13-17)28-23(29)15-35-26(32)20-8-3-2-7-19(20)24(30)16-9-10-21-22(14-16)34-12-11-33-21/h2-10,13-14H,11-12,15H2,1H3,(H,27,31)(H,28,29). The molecule has 0 fully saturated rings. The third-order valence-corrected chi connectivity index (χ3v) is 5.17. The molecule has 9 nitrogen and oxygen atoms in total. The molecule has 1 heterocycles. The van der Waals surface area contributed by atoms with Crippen LogP contribution in [0.1, 0.15) is 36.6 Å². The van der Waals surface area contributed by atoms with E-state index in [4.69, 9.17) is 14.2 Å². The number of hydrogen-bond donors (Lipinski definition) is 2. The van der Waals surface area contributed by atoms with Crippen LogP contribution in [0.5, 0.6) is 11.5 Å². The number of benzene rings is 3. The summed E-state index contributed by atoms with van der Waals surface area (Å²) in [5.41, 5.74) is 1.23. The minimum Gasteiger partial charge on any atom is -0.486 e. The monoisotopic (exact) mass is 474 g/mol. The number of fused-ring (bicyclic) bond motifs is 1. The Morgan fingerprint density at radius 1 is 0.829 bits per heavy atom. The largest absolute Gasteiger partial charge is 0.486 e. The van der Waals surface area contributed by atoms with Crippen molar-refractivity contribution in [3.05, 3.63) is 89.0 Å². The van der Waals surface area contributed by atoms with Gasteiger partial charge in [0.15, 0.2) is 23.9 Å². The van der Waals surface area contributed by atoms with Crippen molar-refractivity contribution in [1.29, 1.82) is 0 Å². The third-order valence-electron chi connectivity index (χ3n) is 5.17. The van der Waals surface area contributed by atoms with Crippen LogP contribution in [-0.2, 0) is 9.53 Å². The molecule has 0 aliphatic carbocycles. The smallest absolute Gasteiger partial charge is 0.339 e. The van der Waals surface area contributed by atoms with Crippen LogP contribution in [0, 0.1) is 0 Å². The van der Waals surface area contributed by atoms with E-state index in [0.717, 1.165) is 0 Å². The lowest BCUT2D eigenvalue weighted by molar-refractivity contribution is -0.119. The van der Waals surface area contributed by atoms with E-state index in [1.165, 1.54) is 25.2 Å². The maximum Gasteiger partial charge on any atom is 0.339 e. The Hall–Kier alpha value is -4.66. The zero-order chi connectivity index (χ0) is 24.8. The maximum atomic E-state index is 13.1. The predicted molar refractivity (Wildman–Crippen MR) is 126 cm³/mol. The molecule has 0 spiro atoms. The number of carbonyl (C=O) groups excluding carboxylic acids is 4. The quantitative estimate of drug-likeness (QED) is 0.399. The molecule has 0 saturated carbocycles. The van der Waals surface area contributed by atoms with Crippen molar-refractivity contribution in [1.82, 2.24) is 5.32 Å². The van der Waals surface area contributed by atoms with Gasteiger partial charge in [-0.1, -0.05) is 24.3 Å². The van der Waals surface area contributed by atoms with Gasteiger partial charge in [-0.2, -0.15) is 0 Å². The minimum atomic E-state index is -0.819. The van der Waals surface area contributed by atoms with Crippen LogP contribution in [0.2, 0.25) is 0 Å². The Morgan fingerprint density at radius 3 is 2.34 bits per heavy atom. The van der Waals surface area contributed by atoms with E-state index in [-0.39, 0.29) is 17.0 Å². The normalized spacial score (nSPS) is 11.8. The summed E-state index contributed by atoms with van der Waals surface area (Å²) >= 11 is 0. The highest BCUT2D eigenvalue weighted by Crippen LogP contribution is 2.31. The lowest BCUT2D eigenvalue weighted by atomic mass is 9.98. The van der Waals surface area contributed by atoms with Gasteiger partial charge in [-0.3, -0.25) is 14.4 Å². The molecule has 0 radical (unpaired) electrons. The molecule has 0 aromatic heterocycles. The van der Waals surface area contributed by atoms with Crippen molar-refractivity contribution >= 4 is 29.3 Å². The van der Waals surface area contributed by atoms with E-state index in [1.54, 1.807) is 48.5 Å². The van der Waals surface area contributed by atoms with E-state index >= 15 is 0 Å². The minimum absolute atomic E-state index is 0.0294. The van der Waals surface area contributed by atoms with Gasteiger partial charge in [0.2, 0.25) is 0 Å². The Labute approximate surface area is 201 Å². The summed E-state index contributed by atoms with van der Waals surface area (Å²) in [7, 11) is 1.50. The number of ether oxygens (including phenoxy) is 3. The molecule has 0 saturated heterocycles. The van der Waals surface area contributed by atoms with Gasteiger partial charge in [-0.05, 0) is 42.5 Å². The molecule has 178 valence electrons. The second-order valence-electron chi connectivity index (χ2n) is 7.52. The number of nitrogens with one attached hydrogen (secondary N) is 2. The molecule has 0 atom stereocenters. The fraction of sp³-hybridized carbons (Fsp3) is 0.154. The van der Waals surface area contributed by atoms with Crippen molar-refractivity contribution in [3.8, 4) is 11.5 Å². The van der Waals surface area contributed by atoms with Gasteiger partial charge in [0.05, 0.1) is 5.56 Å². The Bertz CT molecular complexity index is 1300. The van der Waals surface area contributed by atoms with Crippen LogP contribution in [0.15, 0.2) is 66.7 Å². The van der Waals surface area contributed by atoms with Crippen molar-refractivity contribution in [2.75, 3.05) is 32.2 Å². The van der Waals surface area contributed by atoms with E-state index in [9.17, 15) is 19.2 Å². The second-order valence-corrected chi connectivity index (χ2v) is 7.52. The first kappa shape index (κ1) is 23.5. The van der Waals surface area contributed by atoms with Crippen LogP contribution in [0.25, 0.3) is 0 Å². The van der Waals surface area contributed by atoms with E-state index in [0.29, 0.717) is 41.5 Å². The van der Waals surface area contributed by atoms with Crippen LogP contribution in [0.4, 0.5) is 5.69 Å². The summed E-state index contributed by atoms with van der Waals surface area (Å²) in [5.74, 6) is -1.10. The first-order chi connectivity index (χ1) is 17.0. The number of hydrogen-bond acceptors (Lipinski definition) is 7. The summed E-state index contributed by atoms with van der Waals surface area (Å²) in [6.07, 6.45) is 0. The number of rotatable bonds is 7. The molecular formula is C26H22N2O7. The van der Waals surface area contributed by atoms with Gasteiger partial charge in [-0.25, -0.2) is 4.79 Å². The first-order valence-corrected chi connectivity index (χ1v) is 10.8. The molecule has 1 aliphatic heterocycles. The van der Waals surface area contributed by atoms with Crippen LogP contribution >= 0.6 is 0 Å². The average molecular weight is 474 g/mol. The summed E-state index contributed by atoms with van der Waals surface area (Å²) < 4.78 is 16.2. The van der Waals surface area contributed by atoms with Gasteiger partial charge >= 0.3 is 5.97 Å². The van der Waals surface area contributed by atoms with Crippen LogP contribution in [-0.4, -0.2) is 50.4 Å². The lowest BCUT2D eigenvalue weighted by Gasteiger charge is -2.18. The molecule has 9 heteroatoms. The zero-order valence-electron chi connectivity index (χ0n) is 18.8. The lowest BCUT2D eigenvalue weighted by Crippen LogP contribution is -2.22. The molecule has 0 unspecified atom stereocenters. The van der Waals surface area contributed by atoms with Crippen molar-refractivity contribution < 1.29 is 33.4 Å². The van der Waals surface area contributed by atoms with E-state index < -0.39 is 24.3 Å². The van der Waals surface area contributed by atoms with Gasteiger partial charge in [-0.15, -0.1) is 0 Å². The first-order valence-electron chi connectivity index (χ1n) is 10.8. The van der Waals surface area contributed by atoms with Crippen molar-refractivity contribution in [3.63, 3.8) is 0 Å². The Balaban J connectivity index is 1.43. The Kier molecular flexibility index (Phi) is 7.06. The van der Waals surface area contributed by atoms with Crippen molar-refractivity contribution in [2.45, 2.75) is 0 Å². The molecule has 2 N–H and O–H groups in total. The summed E-state index contributed by atoms with van der Waals surface area (Å²) in [6.45, 7) is 0.239. The summed E-state index contributed by atoms with van der Waals surface area (Å²) in [4.78, 5) is 49.9. The molecular weight excluding hydrogens is 452 g/mol. The highest BCUT2D eigenvalue weighted by atomic mass is 16.6. The second kappa shape index (κ2) is 10.5. The van der Waals surface area contributed by atoms with Crippen LogP contribution < -0.4 is 20.1 Å². The van der Waals surface area contributed by atoms with E-state index in [2.05, 4.69) is 10.6 Å². The fourth-order valence-electron chi connectivity index (χ4n) is 3.49. The predicted octanol–water partition coefficient (Wildman–Crippen LogP) is 2.84. The number of anilines is 1. The highest BCUT2D eigenvalue weighted by Gasteiger charge is 2.22. The number of amides is 2. The highest BCUT2D eigenvalue weighted by molar-refractivity contribution is 6.14.